The lowest BCUT2D eigenvalue weighted by atomic mass is 9.98. The van der Waals surface area contributed by atoms with Gasteiger partial charge in [0.2, 0.25) is 0 Å². The van der Waals surface area contributed by atoms with Crippen LogP contribution in [-0.4, -0.2) is 26.1 Å². The van der Waals surface area contributed by atoms with Crippen LogP contribution < -0.4 is 5.32 Å². The van der Waals surface area contributed by atoms with Gasteiger partial charge < -0.3 is 9.88 Å². The monoisotopic (exact) mass is 307 g/mol. The molecular weight excluding hydrogens is 294 g/mol. The Morgan fingerprint density at radius 2 is 2.39 bits per heavy atom. The molecule has 5 nitrogen and oxygen atoms in total. The van der Waals surface area contributed by atoms with E-state index >= 15 is 0 Å². The summed E-state index contributed by atoms with van der Waals surface area (Å²) >= 11 is 3.44. The fourth-order valence-electron chi connectivity index (χ4n) is 2.27. The first-order chi connectivity index (χ1) is 8.83. The second-order valence-corrected chi connectivity index (χ2v) is 5.35. The number of hydrogen-bond donors (Lipinski definition) is 1. The topological polar surface area (TPSA) is 55.6 Å². The number of rotatable bonds is 3. The molecule has 3 rings (SSSR count). The summed E-state index contributed by atoms with van der Waals surface area (Å²) in [5.41, 5.74) is 0. The van der Waals surface area contributed by atoms with Crippen LogP contribution in [0, 0.1) is 5.92 Å². The van der Waals surface area contributed by atoms with Gasteiger partial charge in [0, 0.05) is 38.1 Å². The van der Waals surface area contributed by atoms with Crippen LogP contribution in [0.15, 0.2) is 29.4 Å². The second kappa shape index (κ2) is 5.06. The molecule has 0 bridgehead atoms. The summed E-state index contributed by atoms with van der Waals surface area (Å²) in [5.74, 6) is 2.66. The molecule has 2 aromatic rings. The molecule has 0 spiro atoms. The third-order valence-corrected chi connectivity index (χ3v) is 3.86. The van der Waals surface area contributed by atoms with E-state index < -0.39 is 0 Å². The summed E-state index contributed by atoms with van der Waals surface area (Å²) < 4.78 is 3.14. The zero-order valence-corrected chi connectivity index (χ0v) is 11.5. The van der Waals surface area contributed by atoms with Gasteiger partial charge in [-0.05, 0) is 28.3 Å². The molecule has 1 aliphatic heterocycles. The lowest BCUT2D eigenvalue weighted by molar-refractivity contribution is 0.397. The van der Waals surface area contributed by atoms with Gasteiger partial charge >= 0.3 is 0 Å². The van der Waals surface area contributed by atoms with E-state index in [0.717, 1.165) is 29.8 Å². The third-order valence-electron chi connectivity index (χ3n) is 3.28. The Bertz CT molecular complexity index is 539. The smallest absolute Gasteiger partial charge is 0.143 e. The van der Waals surface area contributed by atoms with Crippen LogP contribution >= 0.6 is 15.9 Å². The van der Waals surface area contributed by atoms with Gasteiger partial charge in [-0.3, -0.25) is 0 Å². The number of aromatic nitrogens is 4. The maximum atomic E-state index is 4.38. The van der Waals surface area contributed by atoms with Crippen molar-refractivity contribution in [1.29, 1.82) is 0 Å². The Balaban J connectivity index is 1.61. The molecule has 0 aromatic carbocycles. The molecule has 6 heteroatoms. The van der Waals surface area contributed by atoms with Gasteiger partial charge in [0.25, 0.3) is 0 Å². The van der Waals surface area contributed by atoms with Gasteiger partial charge in [-0.1, -0.05) is 0 Å². The standard InChI is InChI=1S/C12H14BrN5/c13-10-7-14-8-17-12(10)16-6-9-1-3-18-4-2-15-11(18)5-9/h2,4,7-9H,1,3,5-6H2,(H,14,16,17). The lowest BCUT2D eigenvalue weighted by Gasteiger charge is -2.23. The maximum absolute atomic E-state index is 4.38. The van der Waals surface area contributed by atoms with E-state index in [1.54, 1.807) is 12.5 Å². The summed E-state index contributed by atoms with van der Waals surface area (Å²) in [5, 5.41) is 3.37. The van der Waals surface area contributed by atoms with Gasteiger partial charge in [0.05, 0.1) is 4.47 Å². The van der Waals surface area contributed by atoms with Crippen LogP contribution in [-0.2, 0) is 13.0 Å². The van der Waals surface area contributed by atoms with Crippen molar-refractivity contribution in [3.8, 4) is 0 Å². The molecule has 0 saturated heterocycles. The Labute approximate surface area is 114 Å². The normalized spacial score (nSPS) is 18.4. The van der Waals surface area contributed by atoms with E-state index in [4.69, 9.17) is 0 Å². The van der Waals surface area contributed by atoms with E-state index in [2.05, 4.69) is 47.0 Å². The number of aryl methyl sites for hydroxylation is 1. The molecular formula is C12H14BrN5. The van der Waals surface area contributed by atoms with Crippen molar-refractivity contribution < 1.29 is 0 Å². The molecule has 1 atom stereocenters. The van der Waals surface area contributed by atoms with Crippen molar-refractivity contribution in [2.75, 3.05) is 11.9 Å². The first-order valence-corrected chi connectivity index (χ1v) is 6.81. The molecule has 3 heterocycles. The molecule has 0 amide bonds. The predicted octanol–water partition coefficient (Wildman–Crippen LogP) is 2.11. The molecule has 0 fully saturated rings. The van der Waals surface area contributed by atoms with Crippen LogP contribution in [0.1, 0.15) is 12.2 Å². The van der Waals surface area contributed by atoms with E-state index in [-0.39, 0.29) is 0 Å². The zero-order chi connectivity index (χ0) is 12.4. The molecule has 1 aliphatic rings. The summed E-state index contributed by atoms with van der Waals surface area (Å²) in [4.78, 5) is 12.5. The Morgan fingerprint density at radius 1 is 1.44 bits per heavy atom. The lowest BCUT2D eigenvalue weighted by Crippen LogP contribution is -2.25. The number of anilines is 1. The SMILES string of the molecule is Brc1cncnc1NCC1CCn2ccnc2C1. The van der Waals surface area contributed by atoms with Crippen LogP contribution in [0.2, 0.25) is 0 Å². The second-order valence-electron chi connectivity index (χ2n) is 4.50. The molecule has 1 unspecified atom stereocenters. The minimum Gasteiger partial charge on any atom is -0.369 e. The molecule has 1 N–H and O–H groups in total. The van der Waals surface area contributed by atoms with E-state index in [1.165, 1.54) is 12.2 Å². The fraction of sp³-hybridized carbons (Fsp3) is 0.417. The molecule has 0 radical (unpaired) electrons. The first kappa shape index (κ1) is 11.6. The third kappa shape index (κ3) is 2.38. The predicted molar refractivity (Wildman–Crippen MR) is 72.3 cm³/mol. The van der Waals surface area contributed by atoms with Crippen LogP contribution in [0.25, 0.3) is 0 Å². The van der Waals surface area contributed by atoms with Crippen molar-refractivity contribution in [3.63, 3.8) is 0 Å². The number of fused-ring (bicyclic) bond motifs is 1. The quantitative estimate of drug-likeness (QED) is 0.943. The first-order valence-electron chi connectivity index (χ1n) is 6.02. The maximum Gasteiger partial charge on any atom is 0.143 e. The summed E-state index contributed by atoms with van der Waals surface area (Å²) in [6.07, 6.45) is 9.46. The van der Waals surface area contributed by atoms with E-state index in [9.17, 15) is 0 Å². The van der Waals surface area contributed by atoms with E-state index in [0.29, 0.717) is 5.92 Å². The summed E-state index contributed by atoms with van der Waals surface area (Å²) in [7, 11) is 0. The fourth-order valence-corrected chi connectivity index (χ4v) is 2.63. The molecule has 0 aliphatic carbocycles. The zero-order valence-electron chi connectivity index (χ0n) is 9.88. The van der Waals surface area contributed by atoms with Gasteiger partial charge in [0.15, 0.2) is 0 Å². The highest BCUT2D eigenvalue weighted by Gasteiger charge is 2.19. The number of hydrogen-bond acceptors (Lipinski definition) is 4. The van der Waals surface area contributed by atoms with Gasteiger partial charge in [-0.15, -0.1) is 0 Å². The average molecular weight is 308 g/mol. The summed E-state index contributed by atoms with van der Waals surface area (Å²) in [6, 6.07) is 0. The largest absolute Gasteiger partial charge is 0.369 e. The highest BCUT2D eigenvalue weighted by molar-refractivity contribution is 9.10. The Kier molecular flexibility index (Phi) is 3.27. The molecule has 2 aromatic heterocycles. The van der Waals surface area contributed by atoms with Crippen molar-refractivity contribution in [3.05, 3.63) is 35.2 Å². The van der Waals surface area contributed by atoms with Crippen molar-refractivity contribution in [1.82, 2.24) is 19.5 Å². The highest BCUT2D eigenvalue weighted by Crippen LogP contribution is 2.21. The number of nitrogens with zero attached hydrogens (tertiary/aromatic N) is 4. The summed E-state index contributed by atoms with van der Waals surface area (Å²) in [6.45, 7) is 1.98. The minimum absolute atomic E-state index is 0.613. The van der Waals surface area contributed by atoms with Gasteiger partial charge in [0.1, 0.15) is 18.0 Å². The van der Waals surface area contributed by atoms with Crippen molar-refractivity contribution in [2.45, 2.75) is 19.4 Å². The Hall–Kier alpha value is -1.43. The van der Waals surface area contributed by atoms with Crippen LogP contribution in [0.3, 0.4) is 0 Å². The minimum atomic E-state index is 0.613. The van der Waals surface area contributed by atoms with Crippen molar-refractivity contribution in [2.24, 2.45) is 5.92 Å². The van der Waals surface area contributed by atoms with Crippen LogP contribution in [0.4, 0.5) is 5.82 Å². The highest BCUT2D eigenvalue weighted by atomic mass is 79.9. The van der Waals surface area contributed by atoms with Crippen molar-refractivity contribution >= 4 is 21.7 Å². The van der Waals surface area contributed by atoms with Crippen LogP contribution in [0.5, 0.6) is 0 Å². The Morgan fingerprint density at radius 3 is 3.28 bits per heavy atom. The molecule has 18 heavy (non-hydrogen) atoms. The average Bonchev–Trinajstić information content (AvgIpc) is 2.85. The number of halogens is 1. The van der Waals surface area contributed by atoms with Gasteiger partial charge in [-0.2, -0.15) is 0 Å². The molecule has 0 saturated carbocycles. The van der Waals surface area contributed by atoms with E-state index in [1.807, 2.05) is 6.20 Å². The number of imidazole rings is 1. The number of nitrogens with one attached hydrogen (secondary N) is 1. The molecule has 94 valence electrons. The van der Waals surface area contributed by atoms with Gasteiger partial charge in [-0.25, -0.2) is 15.0 Å².